The summed E-state index contributed by atoms with van der Waals surface area (Å²) in [5.41, 5.74) is -1.96. The van der Waals surface area contributed by atoms with Crippen molar-refractivity contribution < 1.29 is 32.6 Å². The summed E-state index contributed by atoms with van der Waals surface area (Å²) in [4.78, 5) is 22.1. The Balaban J connectivity index is 3.04. The van der Waals surface area contributed by atoms with Crippen molar-refractivity contribution in [2.24, 2.45) is 0 Å². The first-order chi connectivity index (χ1) is 9.24. The van der Waals surface area contributed by atoms with E-state index in [-0.39, 0.29) is 18.9 Å². The molecule has 1 aromatic rings. The van der Waals surface area contributed by atoms with Crippen molar-refractivity contribution in [2.45, 2.75) is 13.1 Å². The van der Waals surface area contributed by atoms with Gasteiger partial charge in [-0.15, -0.1) is 0 Å². The van der Waals surface area contributed by atoms with E-state index in [0.717, 1.165) is 6.07 Å². The Labute approximate surface area is 112 Å². The summed E-state index contributed by atoms with van der Waals surface area (Å²) in [5, 5.41) is 10.9. The summed E-state index contributed by atoms with van der Waals surface area (Å²) >= 11 is 0. The average molecular weight is 291 g/mol. The topological polar surface area (TPSA) is 75.6 Å². The molecular weight excluding hydrogens is 279 g/mol. The molecule has 0 aliphatic heterocycles. The van der Waals surface area contributed by atoms with E-state index in [0.29, 0.717) is 12.1 Å². The predicted molar refractivity (Wildman–Crippen MR) is 63.5 cm³/mol. The summed E-state index contributed by atoms with van der Waals surface area (Å²) in [7, 11) is 0. The fourth-order valence-corrected chi connectivity index (χ4v) is 1.38. The van der Waals surface area contributed by atoms with E-state index in [2.05, 4.69) is 5.32 Å². The molecule has 1 aromatic carbocycles. The second-order valence-corrected chi connectivity index (χ2v) is 3.79. The average Bonchev–Trinajstić information content (AvgIpc) is 2.34. The highest BCUT2D eigenvalue weighted by Gasteiger charge is 2.32. The summed E-state index contributed by atoms with van der Waals surface area (Å²) in [5.74, 6) is -2.18. The van der Waals surface area contributed by atoms with Gasteiger partial charge < -0.3 is 15.2 Å². The van der Waals surface area contributed by atoms with Crippen LogP contribution in [-0.2, 0) is 15.7 Å². The van der Waals surface area contributed by atoms with Gasteiger partial charge in [-0.2, -0.15) is 13.2 Å². The largest absolute Gasteiger partial charge is 0.478 e. The van der Waals surface area contributed by atoms with Crippen LogP contribution in [0.4, 0.5) is 18.9 Å². The van der Waals surface area contributed by atoms with Gasteiger partial charge in [0.05, 0.1) is 11.1 Å². The van der Waals surface area contributed by atoms with Crippen molar-refractivity contribution in [3.63, 3.8) is 0 Å². The minimum Gasteiger partial charge on any atom is -0.478 e. The zero-order valence-electron chi connectivity index (χ0n) is 10.5. The highest BCUT2D eigenvalue weighted by atomic mass is 19.4. The molecule has 8 heteroatoms. The SMILES string of the molecule is CCOCC(=O)Nc1cc(C(=O)O)cc(C(F)(F)F)c1. The van der Waals surface area contributed by atoms with Crippen LogP contribution < -0.4 is 5.32 Å². The standard InChI is InChI=1S/C12H12F3NO4/c1-2-20-6-10(17)16-9-4-7(11(18)19)3-8(5-9)12(13,14)15/h3-5H,2,6H2,1H3,(H,16,17)(H,18,19). The summed E-state index contributed by atoms with van der Waals surface area (Å²) in [6.45, 7) is 1.60. The number of hydrogen-bond donors (Lipinski definition) is 2. The second kappa shape index (κ2) is 6.38. The molecule has 0 unspecified atom stereocenters. The lowest BCUT2D eigenvalue weighted by atomic mass is 10.1. The number of alkyl halides is 3. The summed E-state index contributed by atoms with van der Waals surface area (Å²) in [6, 6.07) is 2.11. The maximum absolute atomic E-state index is 12.6. The van der Waals surface area contributed by atoms with Gasteiger partial charge in [-0.1, -0.05) is 0 Å². The number of halogens is 3. The molecule has 110 valence electrons. The van der Waals surface area contributed by atoms with Crippen LogP contribution in [-0.4, -0.2) is 30.2 Å². The number of carbonyl (C=O) groups is 2. The number of carboxylic acid groups (broad SMARTS) is 1. The van der Waals surface area contributed by atoms with Crippen LogP contribution in [0.25, 0.3) is 0 Å². The predicted octanol–water partition coefficient (Wildman–Crippen LogP) is 2.38. The van der Waals surface area contributed by atoms with Gasteiger partial charge in [0.15, 0.2) is 0 Å². The van der Waals surface area contributed by atoms with Gasteiger partial charge in [0.2, 0.25) is 5.91 Å². The molecule has 0 radical (unpaired) electrons. The molecule has 0 saturated heterocycles. The molecule has 0 spiro atoms. The van der Waals surface area contributed by atoms with E-state index in [9.17, 15) is 22.8 Å². The molecular formula is C12H12F3NO4. The molecule has 1 amide bonds. The van der Waals surface area contributed by atoms with Crippen molar-refractivity contribution in [1.82, 2.24) is 0 Å². The molecule has 0 aromatic heterocycles. The molecule has 20 heavy (non-hydrogen) atoms. The Morgan fingerprint density at radius 3 is 2.45 bits per heavy atom. The zero-order chi connectivity index (χ0) is 15.3. The number of amides is 1. The van der Waals surface area contributed by atoms with Gasteiger partial charge >= 0.3 is 12.1 Å². The lowest BCUT2D eigenvalue weighted by Crippen LogP contribution is -2.19. The third-order valence-corrected chi connectivity index (χ3v) is 2.23. The monoisotopic (exact) mass is 291 g/mol. The van der Waals surface area contributed by atoms with Crippen LogP contribution in [0.15, 0.2) is 18.2 Å². The Hall–Kier alpha value is -2.09. The number of nitrogens with one attached hydrogen (secondary N) is 1. The van der Waals surface area contributed by atoms with E-state index < -0.39 is 29.2 Å². The van der Waals surface area contributed by atoms with Gasteiger partial charge in [0, 0.05) is 12.3 Å². The number of anilines is 1. The fraction of sp³-hybridized carbons (Fsp3) is 0.333. The molecule has 0 heterocycles. The van der Waals surface area contributed by atoms with Gasteiger partial charge in [-0.3, -0.25) is 4.79 Å². The lowest BCUT2D eigenvalue weighted by Gasteiger charge is -2.11. The number of aromatic carboxylic acids is 1. The third kappa shape index (κ3) is 4.54. The number of carbonyl (C=O) groups excluding carboxylic acids is 1. The molecule has 2 N–H and O–H groups in total. The van der Waals surface area contributed by atoms with Crippen LogP contribution in [0.5, 0.6) is 0 Å². The molecule has 0 atom stereocenters. The van der Waals surface area contributed by atoms with E-state index >= 15 is 0 Å². The first-order valence-corrected chi connectivity index (χ1v) is 5.57. The highest BCUT2D eigenvalue weighted by molar-refractivity contribution is 5.94. The van der Waals surface area contributed by atoms with E-state index in [1.54, 1.807) is 6.92 Å². The van der Waals surface area contributed by atoms with E-state index in [1.165, 1.54) is 0 Å². The first kappa shape index (κ1) is 16.0. The van der Waals surface area contributed by atoms with Crippen molar-refractivity contribution >= 4 is 17.6 Å². The Morgan fingerprint density at radius 2 is 1.95 bits per heavy atom. The molecule has 0 bridgehead atoms. The molecule has 5 nitrogen and oxygen atoms in total. The maximum Gasteiger partial charge on any atom is 0.416 e. The fourth-order valence-electron chi connectivity index (χ4n) is 1.38. The van der Waals surface area contributed by atoms with Gasteiger partial charge in [0.1, 0.15) is 6.61 Å². The smallest absolute Gasteiger partial charge is 0.416 e. The van der Waals surface area contributed by atoms with E-state index in [4.69, 9.17) is 9.84 Å². The highest BCUT2D eigenvalue weighted by Crippen LogP contribution is 2.32. The number of benzene rings is 1. The molecule has 0 aliphatic rings. The van der Waals surface area contributed by atoms with Crippen LogP contribution in [0, 0.1) is 0 Å². The third-order valence-electron chi connectivity index (χ3n) is 2.23. The second-order valence-electron chi connectivity index (χ2n) is 3.79. The van der Waals surface area contributed by atoms with E-state index in [1.807, 2.05) is 0 Å². The molecule has 1 rings (SSSR count). The maximum atomic E-state index is 12.6. The number of carboxylic acids is 1. The van der Waals surface area contributed by atoms with Gasteiger partial charge in [0.25, 0.3) is 0 Å². The van der Waals surface area contributed by atoms with Gasteiger partial charge in [-0.25, -0.2) is 4.79 Å². The summed E-state index contributed by atoms with van der Waals surface area (Å²) in [6.07, 6.45) is -4.70. The number of rotatable bonds is 5. The Morgan fingerprint density at radius 1 is 1.30 bits per heavy atom. The van der Waals surface area contributed by atoms with Gasteiger partial charge in [-0.05, 0) is 25.1 Å². The number of ether oxygens (including phenoxy) is 1. The minimum atomic E-state index is -4.70. The number of hydrogen-bond acceptors (Lipinski definition) is 3. The summed E-state index contributed by atoms with van der Waals surface area (Å²) < 4.78 is 42.7. The Kier molecular flexibility index (Phi) is 5.09. The lowest BCUT2D eigenvalue weighted by molar-refractivity contribution is -0.137. The van der Waals surface area contributed by atoms with Crippen LogP contribution >= 0.6 is 0 Å². The first-order valence-electron chi connectivity index (χ1n) is 5.57. The quantitative estimate of drug-likeness (QED) is 0.873. The van der Waals surface area contributed by atoms with Crippen molar-refractivity contribution in [2.75, 3.05) is 18.5 Å². The van der Waals surface area contributed by atoms with Crippen LogP contribution in [0.1, 0.15) is 22.8 Å². The van der Waals surface area contributed by atoms with Crippen molar-refractivity contribution in [3.05, 3.63) is 29.3 Å². The zero-order valence-corrected chi connectivity index (χ0v) is 10.5. The van der Waals surface area contributed by atoms with Crippen LogP contribution in [0.2, 0.25) is 0 Å². The van der Waals surface area contributed by atoms with Crippen LogP contribution in [0.3, 0.4) is 0 Å². The molecule has 0 aliphatic carbocycles. The normalized spacial score (nSPS) is 11.2. The van der Waals surface area contributed by atoms with Crippen molar-refractivity contribution in [3.8, 4) is 0 Å². The molecule has 0 saturated carbocycles. The minimum absolute atomic E-state index is 0.248. The Bertz CT molecular complexity index is 514. The molecule has 0 fully saturated rings. The van der Waals surface area contributed by atoms with Crippen molar-refractivity contribution in [1.29, 1.82) is 0 Å².